The van der Waals surface area contributed by atoms with Gasteiger partial charge in [0.1, 0.15) is 5.37 Å². The van der Waals surface area contributed by atoms with Crippen LogP contribution in [0.4, 0.5) is 0 Å². The molecule has 2 heterocycles. The lowest BCUT2D eigenvalue weighted by Gasteiger charge is -2.24. The van der Waals surface area contributed by atoms with Crippen LogP contribution in [0.2, 0.25) is 0 Å². The number of carbonyl (C=O) groups is 1. The third-order valence-corrected chi connectivity index (χ3v) is 5.52. The number of rotatable bonds is 5. The van der Waals surface area contributed by atoms with Gasteiger partial charge in [-0.1, -0.05) is 32.8 Å². The average molecular weight is 278 g/mol. The van der Waals surface area contributed by atoms with Crippen LogP contribution in [0.1, 0.15) is 50.5 Å². The van der Waals surface area contributed by atoms with Crippen LogP contribution in [0.25, 0.3) is 0 Å². The normalized spacial score (nSPS) is 21.9. The average Bonchev–Trinajstić information content (AvgIpc) is 2.66. The maximum Gasteiger partial charge on any atom is 0.239 e. The van der Waals surface area contributed by atoms with Crippen molar-refractivity contribution in [3.8, 4) is 0 Å². The van der Waals surface area contributed by atoms with E-state index >= 15 is 0 Å². The Bertz CT molecular complexity index is 429. The molecule has 1 aliphatic rings. The Morgan fingerprint density at radius 3 is 2.58 bits per heavy atom. The van der Waals surface area contributed by atoms with Gasteiger partial charge >= 0.3 is 0 Å². The molecular formula is C15H22N2OS. The van der Waals surface area contributed by atoms with E-state index in [9.17, 15) is 4.79 Å². The molecule has 0 radical (unpaired) electrons. The second-order valence-corrected chi connectivity index (χ2v) is 6.63. The summed E-state index contributed by atoms with van der Waals surface area (Å²) in [5, 5.41) is 0.110. The molecule has 19 heavy (non-hydrogen) atoms. The number of amides is 1. The zero-order valence-corrected chi connectivity index (χ0v) is 12.7. The van der Waals surface area contributed by atoms with Crippen molar-refractivity contribution in [2.75, 3.05) is 7.05 Å². The van der Waals surface area contributed by atoms with Gasteiger partial charge < -0.3 is 4.90 Å². The summed E-state index contributed by atoms with van der Waals surface area (Å²) in [7, 11) is 1.92. The van der Waals surface area contributed by atoms with Gasteiger partial charge in [-0.15, -0.1) is 11.8 Å². The van der Waals surface area contributed by atoms with Crippen molar-refractivity contribution < 1.29 is 4.79 Å². The summed E-state index contributed by atoms with van der Waals surface area (Å²) < 4.78 is -0.223. The first-order chi connectivity index (χ1) is 9.14. The highest BCUT2D eigenvalue weighted by molar-refractivity contribution is 8.02. The van der Waals surface area contributed by atoms with Crippen molar-refractivity contribution in [2.24, 2.45) is 0 Å². The van der Waals surface area contributed by atoms with Gasteiger partial charge in [0.2, 0.25) is 5.91 Å². The summed E-state index contributed by atoms with van der Waals surface area (Å²) in [4.78, 5) is 18.7. The Hall–Kier alpha value is -1.03. The van der Waals surface area contributed by atoms with Gasteiger partial charge in [-0.2, -0.15) is 0 Å². The fourth-order valence-electron chi connectivity index (χ4n) is 2.85. The van der Waals surface area contributed by atoms with Gasteiger partial charge in [-0.05, 0) is 18.9 Å². The molecular weight excluding hydrogens is 256 g/mol. The van der Waals surface area contributed by atoms with Gasteiger partial charge in [0.15, 0.2) is 0 Å². The van der Waals surface area contributed by atoms with Crippen molar-refractivity contribution in [3.05, 3.63) is 30.1 Å². The largest absolute Gasteiger partial charge is 0.328 e. The summed E-state index contributed by atoms with van der Waals surface area (Å²) >= 11 is 1.81. The maximum absolute atomic E-state index is 12.7. The number of pyridine rings is 1. The Morgan fingerprint density at radius 2 is 2.05 bits per heavy atom. The lowest BCUT2D eigenvalue weighted by molar-refractivity contribution is -0.132. The molecule has 0 aliphatic carbocycles. The van der Waals surface area contributed by atoms with Gasteiger partial charge in [0.25, 0.3) is 0 Å². The quantitative estimate of drug-likeness (QED) is 0.824. The Balaban J connectivity index is 2.29. The summed E-state index contributed by atoms with van der Waals surface area (Å²) in [5.41, 5.74) is 1.12. The van der Waals surface area contributed by atoms with Crippen LogP contribution in [0.3, 0.4) is 0 Å². The second kappa shape index (κ2) is 5.95. The van der Waals surface area contributed by atoms with Crippen molar-refractivity contribution in [3.63, 3.8) is 0 Å². The number of hydrogen-bond donors (Lipinski definition) is 0. The van der Waals surface area contributed by atoms with E-state index < -0.39 is 0 Å². The molecule has 1 unspecified atom stereocenters. The Labute approximate surface area is 119 Å². The maximum atomic E-state index is 12.7. The number of aromatic nitrogens is 1. The van der Waals surface area contributed by atoms with E-state index in [2.05, 4.69) is 24.9 Å². The van der Waals surface area contributed by atoms with E-state index in [4.69, 9.17) is 0 Å². The smallest absolute Gasteiger partial charge is 0.239 e. The number of hydrogen-bond acceptors (Lipinski definition) is 3. The molecule has 104 valence electrons. The van der Waals surface area contributed by atoms with Crippen LogP contribution in [0.15, 0.2) is 24.5 Å². The molecule has 3 nitrogen and oxygen atoms in total. The minimum atomic E-state index is -0.223. The van der Waals surface area contributed by atoms with E-state index in [1.807, 2.05) is 36.0 Å². The van der Waals surface area contributed by atoms with E-state index in [0.29, 0.717) is 0 Å². The molecule has 0 bridgehead atoms. The summed E-state index contributed by atoms with van der Waals surface area (Å²) in [6.45, 7) is 4.31. The molecule has 1 fully saturated rings. The number of nitrogens with zero attached hydrogens (tertiary/aromatic N) is 2. The third kappa shape index (κ3) is 2.64. The lowest BCUT2D eigenvalue weighted by atomic mass is 9.95. The first-order valence-electron chi connectivity index (χ1n) is 6.99. The fraction of sp³-hybridized carbons (Fsp3) is 0.600. The van der Waals surface area contributed by atoms with E-state index in [1.54, 1.807) is 6.20 Å². The van der Waals surface area contributed by atoms with Crippen LogP contribution < -0.4 is 0 Å². The molecule has 0 spiro atoms. The Morgan fingerprint density at radius 1 is 1.37 bits per heavy atom. The molecule has 4 heteroatoms. The molecule has 1 aliphatic heterocycles. The minimum absolute atomic E-state index is 0.110. The van der Waals surface area contributed by atoms with Crippen LogP contribution in [-0.4, -0.2) is 27.6 Å². The van der Waals surface area contributed by atoms with Crippen LogP contribution in [-0.2, 0) is 4.79 Å². The molecule has 1 amide bonds. The molecule has 1 aromatic heterocycles. The first kappa shape index (κ1) is 14.4. The summed E-state index contributed by atoms with van der Waals surface area (Å²) in [6.07, 6.45) is 7.67. The molecule has 1 saturated heterocycles. The zero-order valence-electron chi connectivity index (χ0n) is 11.9. The van der Waals surface area contributed by atoms with Crippen molar-refractivity contribution >= 4 is 17.7 Å². The molecule has 0 aromatic carbocycles. The van der Waals surface area contributed by atoms with Crippen LogP contribution in [0, 0.1) is 0 Å². The van der Waals surface area contributed by atoms with Crippen molar-refractivity contribution in [2.45, 2.75) is 49.7 Å². The number of carbonyl (C=O) groups excluding carboxylic acids is 1. The standard InChI is InChI=1S/C15H22N2OS/c1-4-8-15(9-5-2)14(18)17(3)13(19-15)12-7-6-10-16-11-12/h6-7,10-11,13H,4-5,8-9H2,1-3H3. The highest BCUT2D eigenvalue weighted by Gasteiger charge is 2.50. The van der Waals surface area contributed by atoms with Crippen LogP contribution in [0.5, 0.6) is 0 Å². The lowest BCUT2D eigenvalue weighted by Crippen LogP contribution is -2.37. The predicted octanol–water partition coefficient (Wildman–Crippen LogP) is 3.62. The highest BCUT2D eigenvalue weighted by Crippen LogP contribution is 2.52. The first-order valence-corrected chi connectivity index (χ1v) is 7.87. The van der Waals surface area contributed by atoms with Gasteiger partial charge in [0, 0.05) is 25.0 Å². The van der Waals surface area contributed by atoms with E-state index in [-0.39, 0.29) is 16.0 Å². The molecule has 1 atom stereocenters. The second-order valence-electron chi connectivity index (χ2n) is 5.17. The predicted molar refractivity (Wildman–Crippen MR) is 79.9 cm³/mol. The van der Waals surface area contributed by atoms with E-state index in [0.717, 1.165) is 31.2 Å². The van der Waals surface area contributed by atoms with Crippen molar-refractivity contribution in [1.29, 1.82) is 0 Å². The summed E-state index contributed by atoms with van der Waals surface area (Å²) in [6, 6.07) is 4.00. The van der Waals surface area contributed by atoms with Crippen molar-refractivity contribution in [1.82, 2.24) is 9.88 Å². The molecule has 2 rings (SSSR count). The number of thioether (sulfide) groups is 1. The fourth-order valence-corrected chi connectivity index (χ4v) is 4.69. The zero-order chi connectivity index (χ0) is 13.9. The van der Waals surface area contributed by atoms with Crippen LogP contribution >= 0.6 is 11.8 Å². The van der Waals surface area contributed by atoms with Gasteiger partial charge in [0.05, 0.1) is 4.75 Å². The monoisotopic (exact) mass is 278 g/mol. The van der Waals surface area contributed by atoms with Gasteiger partial charge in [-0.3, -0.25) is 9.78 Å². The molecule has 1 aromatic rings. The van der Waals surface area contributed by atoms with Gasteiger partial charge in [-0.25, -0.2) is 0 Å². The highest BCUT2D eigenvalue weighted by atomic mass is 32.2. The molecule has 0 saturated carbocycles. The summed E-state index contributed by atoms with van der Waals surface area (Å²) in [5.74, 6) is 0.287. The van der Waals surface area contributed by atoms with E-state index in [1.165, 1.54) is 0 Å². The minimum Gasteiger partial charge on any atom is -0.328 e. The Kier molecular flexibility index (Phi) is 4.50. The molecule has 0 N–H and O–H groups in total. The topological polar surface area (TPSA) is 33.2 Å². The SMILES string of the molecule is CCCC1(CCC)SC(c2cccnc2)N(C)C1=O. The third-order valence-electron chi connectivity index (χ3n) is 3.68.